The van der Waals surface area contributed by atoms with Gasteiger partial charge in [0, 0.05) is 6.54 Å². The van der Waals surface area contributed by atoms with Crippen LogP contribution in [0.3, 0.4) is 0 Å². The van der Waals surface area contributed by atoms with Crippen molar-refractivity contribution in [3.63, 3.8) is 0 Å². The lowest BCUT2D eigenvalue weighted by Gasteiger charge is -2.14. The van der Waals surface area contributed by atoms with Crippen LogP contribution in [0, 0.1) is 6.92 Å². The zero-order chi connectivity index (χ0) is 15.0. The molecule has 1 aliphatic heterocycles. The summed E-state index contributed by atoms with van der Waals surface area (Å²) in [7, 11) is 1.88. The first-order valence-corrected chi connectivity index (χ1v) is 6.85. The second kappa shape index (κ2) is 5.14. The number of anilines is 1. The maximum Gasteiger partial charge on any atom is 0.266 e. The third kappa shape index (κ3) is 2.23. The summed E-state index contributed by atoms with van der Waals surface area (Å²) in [5.41, 5.74) is 3.65. The molecule has 0 fully saturated rings. The zero-order valence-electron chi connectivity index (χ0n) is 12.0. The zero-order valence-corrected chi connectivity index (χ0v) is 12.0. The summed E-state index contributed by atoms with van der Waals surface area (Å²) < 4.78 is 0. The molecule has 0 atom stereocenters. The molecule has 0 radical (unpaired) electrons. The largest absolute Gasteiger partial charge is 0.316 e. The van der Waals surface area contributed by atoms with Crippen molar-refractivity contribution < 1.29 is 9.59 Å². The third-order valence-electron chi connectivity index (χ3n) is 3.62. The Balaban J connectivity index is 1.97. The number of benzene rings is 2. The van der Waals surface area contributed by atoms with Crippen LogP contribution in [0.5, 0.6) is 0 Å². The van der Waals surface area contributed by atoms with E-state index < -0.39 is 0 Å². The van der Waals surface area contributed by atoms with Gasteiger partial charge >= 0.3 is 0 Å². The number of hydrogen-bond acceptors (Lipinski definition) is 3. The van der Waals surface area contributed by atoms with Crippen molar-refractivity contribution in [2.45, 2.75) is 13.5 Å². The van der Waals surface area contributed by atoms with Crippen molar-refractivity contribution in [2.75, 3.05) is 11.9 Å². The highest BCUT2D eigenvalue weighted by Crippen LogP contribution is 2.29. The maximum atomic E-state index is 12.5. The number of hydrogen-bond donors (Lipinski definition) is 1. The molecule has 3 rings (SSSR count). The first kappa shape index (κ1) is 13.5. The first-order valence-electron chi connectivity index (χ1n) is 6.85. The molecule has 1 heterocycles. The van der Waals surface area contributed by atoms with Crippen LogP contribution in [0.1, 0.15) is 31.8 Å². The topological polar surface area (TPSA) is 49.4 Å². The lowest BCUT2D eigenvalue weighted by molar-refractivity contribution is 0.0926. The van der Waals surface area contributed by atoms with Gasteiger partial charge in [-0.2, -0.15) is 0 Å². The molecule has 0 unspecified atom stereocenters. The van der Waals surface area contributed by atoms with Crippen molar-refractivity contribution in [1.82, 2.24) is 5.32 Å². The van der Waals surface area contributed by atoms with Gasteiger partial charge < -0.3 is 5.32 Å². The number of nitrogens with one attached hydrogen (secondary N) is 1. The Morgan fingerprint density at radius 3 is 2.29 bits per heavy atom. The van der Waals surface area contributed by atoms with Gasteiger partial charge in [0.15, 0.2) is 0 Å². The lowest BCUT2D eigenvalue weighted by Crippen LogP contribution is -2.29. The molecule has 0 spiro atoms. The molecule has 0 aliphatic carbocycles. The van der Waals surface area contributed by atoms with Crippen LogP contribution >= 0.6 is 0 Å². The summed E-state index contributed by atoms with van der Waals surface area (Å²) in [5.74, 6) is -0.503. The Morgan fingerprint density at radius 2 is 1.62 bits per heavy atom. The van der Waals surface area contributed by atoms with Crippen LogP contribution in [0.15, 0.2) is 42.5 Å². The molecule has 0 saturated carbocycles. The van der Waals surface area contributed by atoms with E-state index in [-0.39, 0.29) is 11.8 Å². The van der Waals surface area contributed by atoms with E-state index in [1.807, 2.05) is 32.2 Å². The van der Waals surface area contributed by atoms with E-state index in [9.17, 15) is 9.59 Å². The predicted octanol–water partition coefficient (Wildman–Crippen LogP) is 2.52. The number of aryl methyl sites for hydroxylation is 1. The van der Waals surface area contributed by atoms with Gasteiger partial charge in [-0.15, -0.1) is 0 Å². The normalized spacial score (nSPS) is 13.7. The van der Waals surface area contributed by atoms with Gasteiger partial charge in [-0.05, 0) is 43.8 Å². The SMILES string of the molecule is CNCc1ccc(N2C(=O)c3ccc(C)cc3C2=O)cc1. The van der Waals surface area contributed by atoms with Crippen LogP contribution in [-0.4, -0.2) is 18.9 Å². The molecule has 4 nitrogen and oxygen atoms in total. The van der Waals surface area contributed by atoms with Crippen LogP contribution < -0.4 is 10.2 Å². The van der Waals surface area contributed by atoms with Gasteiger partial charge in [-0.3, -0.25) is 9.59 Å². The van der Waals surface area contributed by atoms with E-state index in [1.165, 1.54) is 4.90 Å². The van der Waals surface area contributed by atoms with E-state index in [1.54, 1.807) is 24.3 Å². The average Bonchev–Trinajstić information content (AvgIpc) is 2.72. The van der Waals surface area contributed by atoms with Crippen molar-refractivity contribution in [1.29, 1.82) is 0 Å². The molecule has 2 amide bonds. The van der Waals surface area contributed by atoms with E-state index in [0.29, 0.717) is 16.8 Å². The summed E-state index contributed by atoms with van der Waals surface area (Å²) in [6.07, 6.45) is 0. The fourth-order valence-corrected chi connectivity index (χ4v) is 2.56. The van der Waals surface area contributed by atoms with Gasteiger partial charge in [-0.1, -0.05) is 23.8 Å². The van der Waals surface area contributed by atoms with Crippen LogP contribution in [0.2, 0.25) is 0 Å². The Morgan fingerprint density at radius 1 is 0.952 bits per heavy atom. The van der Waals surface area contributed by atoms with Crippen molar-refractivity contribution >= 4 is 17.5 Å². The molecule has 0 aromatic heterocycles. The summed E-state index contributed by atoms with van der Waals surface area (Å²) >= 11 is 0. The minimum atomic E-state index is -0.253. The number of carbonyl (C=O) groups excluding carboxylic acids is 2. The average molecular weight is 280 g/mol. The third-order valence-corrected chi connectivity index (χ3v) is 3.62. The van der Waals surface area contributed by atoms with Gasteiger partial charge in [0.1, 0.15) is 0 Å². The molecular weight excluding hydrogens is 264 g/mol. The number of imide groups is 1. The molecule has 2 aromatic rings. The molecule has 0 saturated heterocycles. The van der Waals surface area contributed by atoms with E-state index in [0.717, 1.165) is 17.7 Å². The first-order chi connectivity index (χ1) is 10.1. The van der Waals surface area contributed by atoms with E-state index in [2.05, 4.69) is 5.32 Å². The molecule has 4 heteroatoms. The number of carbonyl (C=O) groups is 2. The Hall–Kier alpha value is -2.46. The maximum absolute atomic E-state index is 12.5. The minimum absolute atomic E-state index is 0.250. The van der Waals surface area contributed by atoms with Gasteiger partial charge in [0.2, 0.25) is 0 Å². The monoisotopic (exact) mass is 280 g/mol. The summed E-state index contributed by atoms with van der Waals surface area (Å²) in [4.78, 5) is 26.1. The number of nitrogens with zero attached hydrogens (tertiary/aromatic N) is 1. The fraction of sp³-hybridized carbons (Fsp3) is 0.176. The Bertz CT molecular complexity index is 720. The van der Waals surface area contributed by atoms with Gasteiger partial charge in [0.05, 0.1) is 16.8 Å². The number of fused-ring (bicyclic) bond motifs is 1. The molecular formula is C17H16N2O2. The van der Waals surface area contributed by atoms with E-state index >= 15 is 0 Å². The number of amides is 2. The van der Waals surface area contributed by atoms with Crippen molar-refractivity contribution in [2.24, 2.45) is 0 Å². The lowest BCUT2D eigenvalue weighted by atomic mass is 10.1. The van der Waals surface area contributed by atoms with Crippen molar-refractivity contribution in [3.8, 4) is 0 Å². The molecule has 0 bridgehead atoms. The van der Waals surface area contributed by atoms with E-state index in [4.69, 9.17) is 0 Å². The second-order valence-corrected chi connectivity index (χ2v) is 5.19. The Labute approximate surface area is 123 Å². The second-order valence-electron chi connectivity index (χ2n) is 5.19. The Kier molecular flexibility index (Phi) is 3.31. The summed E-state index contributed by atoms with van der Waals surface area (Å²) in [6.45, 7) is 2.66. The molecule has 1 aliphatic rings. The van der Waals surface area contributed by atoms with Gasteiger partial charge in [-0.25, -0.2) is 4.90 Å². The molecule has 1 N–H and O–H groups in total. The minimum Gasteiger partial charge on any atom is -0.316 e. The summed E-state index contributed by atoms with van der Waals surface area (Å²) in [5, 5.41) is 3.06. The highest BCUT2D eigenvalue weighted by Gasteiger charge is 2.36. The highest BCUT2D eigenvalue weighted by atomic mass is 16.2. The summed E-state index contributed by atoms with van der Waals surface area (Å²) in [6, 6.07) is 12.8. The van der Waals surface area contributed by atoms with Crippen LogP contribution in [0.4, 0.5) is 5.69 Å². The smallest absolute Gasteiger partial charge is 0.266 e. The van der Waals surface area contributed by atoms with Crippen LogP contribution in [0.25, 0.3) is 0 Å². The fourth-order valence-electron chi connectivity index (χ4n) is 2.56. The van der Waals surface area contributed by atoms with Gasteiger partial charge in [0.25, 0.3) is 11.8 Å². The molecule has 21 heavy (non-hydrogen) atoms. The predicted molar refractivity (Wildman–Crippen MR) is 81.5 cm³/mol. The van der Waals surface area contributed by atoms with Crippen LogP contribution in [-0.2, 0) is 6.54 Å². The highest BCUT2D eigenvalue weighted by molar-refractivity contribution is 6.34. The van der Waals surface area contributed by atoms with Crippen molar-refractivity contribution in [3.05, 3.63) is 64.7 Å². The molecule has 2 aromatic carbocycles. The quantitative estimate of drug-likeness (QED) is 0.879. The number of rotatable bonds is 3. The molecule has 106 valence electrons. The standard InChI is InChI=1S/C17H16N2O2/c1-11-3-8-14-15(9-11)17(21)19(16(14)20)13-6-4-12(5-7-13)10-18-2/h3-9,18H,10H2,1-2H3.